The van der Waals surface area contributed by atoms with Crippen molar-refractivity contribution in [3.8, 4) is 34.8 Å². The minimum Gasteiger partial charge on any atom is -0.504 e. The summed E-state index contributed by atoms with van der Waals surface area (Å²) in [5.41, 5.74) is 9.33. The fraction of sp³-hybridized carbons (Fsp3) is 0.515. The van der Waals surface area contributed by atoms with E-state index in [1.54, 1.807) is 6.07 Å². The molecule has 43 heavy (non-hydrogen) atoms. The lowest BCUT2D eigenvalue weighted by molar-refractivity contribution is -0.121. The predicted molar refractivity (Wildman–Crippen MR) is 163 cm³/mol. The van der Waals surface area contributed by atoms with Crippen LogP contribution < -0.4 is 20.5 Å². The number of aliphatic hydroxyl groups excluding tert-OH is 2. The lowest BCUT2D eigenvalue weighted by Gasteiger charge is -2.33. The van der Waals surface area contributed by atoms with Gasteiger partial charge in [0.1, 0.15) is 5.78 Å². The molecule has 2 bridgehead atoms. The Morgan fingerprint density at radius 1 is 1.16 bits per heavy atom. The number of benzene rings is 2. The number of aliphatic imine (C=N–C) groups is 1. The minimum absolute atomic E-state index is 0.0205. The number of nitrogens with zero attached hydrogens (tertiary/aromatic N) is 1. The van der Waals surface area contributed by atoms with E-state index in [1.807, 2.05) is 6.07 Å². The van der Waals surface area contributed by atoms with Crippen LogP contribution in [-0.2, 0) is 30.5 Å². The van der Waals surface area contributed by atoms with Crippen LogP contribution >= 0.6 is 0 Å². The van der Waals surface area contributed by atoms with Gasteiger partial charge in [-0.2, -0.15) is 0 Å². The highest BCUT2D eigenvalue weighted by molar-refractivity contribution is 5.79. The summed E-state index contributed by atoms with van der Waals surface area (Å²) in [6.07, 6.45) is 0.627. The molecule has 0 radical (unpaired) electrons. The smallest absolute Gasteiger partial charge is 0.200 e. The normalized spacial score (nSPS) is 20.9. The van der Waals surface area contributed by atoms with E-state index in [-0.39, 0.29) is 54.0 Å². The molecular weight excluding hydrogens is 550 g/mol. The molecule has 7 N–H and O–H groups in total. The molecule has 10 heteroatoms. The molecular formula is C33H43N3O7. The van der Waals surface area contributed by atoms with E-state index < -0.39 is 12.4 Å². The number of aliphatic hydroxyl groups is 2. The van der Waals surface area contributed by atoms with Crippen LogP contribution in [0.5, 0.6) is 23.0 Å². The van der Waals surface area contributed by atoms with Gasteiger partial charge in [-0.25, -0.2) is 0 Å². The van der Waals surface area contributed by atoms with Crippen molar-refractivity contribution in [2.24, 2.45) is 22.6 Å². The fourth-order valence-electron chi connectivity index (χ4n) is 5.51. The molecule has 232 valence electrons. The molecule has 2 aromatic carbocycles. The quantitative estimate of drug-likeness (QED) is 0.168. The Balaban J connectivity index is 1.64. The van der Waals surface area contributed by atoms with Gasteiger partial charge in [0.15, 0.2) is 29.0 Å². The number of phenols is 2. The summed E-state index contributed by atoms with van der Waals surface area (Å²) in [7, 11) is 1.44. The van der Waals surface area contributed by atoms with Gasteiger partial charge in [0.25, 0.3) is 0 Å². The Labute approximate surface area is 252 Å². The zero-order valence-corrected chi connectivity index (χ0v) is 25.2. The van der Waals surface area contributed by atoms with Crippen molar-refractivity contribution in [2.75, 3.05) is 20.2 Å². The SMILES string of the molecule is COc1c(O)ccc2c1C#CCc1cc(c3c(c1O)OC(O)C(CCNC(N)=NCC(C)C)C3)CCC(O)CC(=O)CC2. The van der Waals surface area contributed by atoms with Crippen LogP contribution in [0.25, 0.3) is 0 Å². The van der Waals surface area contributed by atoms with Crippen LogP contribution in [0.1, 0.15) is 67.3 Å². The van der Waals surface area contributed by atoms with Crippen LogP contribution in [0, 0.1) is 23.7 Å². The second kappa shape index (κ2) is 14.5. The van der Waals surface area contributed by atoms with Gasteiger partial charge < -0.3 is 41.0 Å². The van der Waals surface area contributed by atoms with Crippen LogP contribution in [0.3, 0.4) is 0 Å². The van der Waals surface area contributed by atoms with Crippen molar-refractivity contribution in [2.45, 2.75) is 77.6 Å². The second-order valence-corrected chi connectivity index (χ2v) is 11.7. The standard InChI is InChI=1S/C33H43N3O7/c1-19(2)18-36-33(34)35-14-13-23-16-27-21-8-11-25(38)17-24(37)10-7-20-9-12-28(39)30(42-3)26(20)6-4-5-22(15-21)29(40)31(27)43-32(23)41/h9,12,15,19,23,25,32,38-41H,5,7-8,10-11,13-14,16-18H2,1-3H3,(H3,34,35,36). The van der Waals surface area contributed by atoms with Gasteiger partial charge in [0.05, 0.1) is 18.8 Å². The van der Waals surface area contributed by atoms with Crippen molar-refractivity contribution in [3.63, 3.8) is 0 Å². The summed E-state index contributed by atoms with van der Waals surface area (Å²) in [4.78, 5) is 17.0. The van der Waals surface area contributed by atoms with Crippen molar-refractivity contribution in [1.29, 1.82) is 0 Å². The number of ketones is 1. The average Bonchev–Trinajstić information content (AvgIpc) is 2.96. The minimum atomic E-state index is -1.14. The second-order valence-electron chi connectivity index (χ2n) is 11.7. The highest BCUT2D eigenvalue weighted by atomic mass is 16.6. The molecule has 0 fully saturated rings. The number of nitrogens with two attached hydrogens (primary N) is 1. The molecule has 0 saturated carbocycles. The average molecular weight is 594 g/mol. The van der Waals surface area contributed by atoms with Crippen molar-refractivity contribution < 1.29 is 34.7 Å². The first-order chi connectivity index (χ1) is 20.6. The van der Waals surface area contributed by atoms with Crippen LogP contribution in [0.2, 0.25) is 0 Å². The maximum Gasteiger partial charge on any atom is 0.200 e. The van der Waals surface area contributed by atoms with E-state index >= 15 is 0 Å². The number of hydrogen-bond donors (Lipinski definition) is 6. The molecule has 4 rings (SSSR count). The van der Waals surface area contributed by atoms with Crippen LogP contribution in [0.4, 0.5) is 0 Å². The zero-order valence-electron chi connectivity index (χ0n) is 25.2. The van der Waals surface area contributed by atoms with E-state index in [9.17, 15) is 25.2 Å². The van der Waals surface area contributed by atoms with Gasteiger partial charge in [-0.1, -0.05) is 37.8 Å². The Morgan fingerprint density at radius 3 is 2.70 bits per heavy atom. The predicted octanol–water partition coefficient (Wildman–Crippen LogP) is 2.72. The maximum absolute atomic E-state index is 12.7. The number of methoxy groups -OCH3 is 1. The molecule has 3 atom stereocenters. The van der Waals surface area contributed by atoms with Gasteiger partial charge in [-0.05, 0) is 55.2 Å². The number of nitrogens with one attached hydrogen (secondary N) is 1. The van der Waals surface area contributed by atoms with Gasteiger partial charge in [0.2, 0.25) is 6.29 Å². The maximum atomic E-state index is 12.7. The number of fused-ring (bicyclic) bond motifs is 5. The van der Waals surface area contributed by atoms with Gasteiger partial charge >= 0.3 is 0 Å². The third kappa shape index (κ3) is 8.12. The Hall–Kier alpha value is -3.94. The number of Topliss-reactive ketones (excluding diaryl/α,β-unsaturated/α-hetero) is 1. The van der Waals surface area contributed by atoms with E-state index in [1.165, 1.54) is 13.2 Å². The van der Waals surface area contributed by atoms with Crippen molar-refractivity contribution in [3.05, 3.63) is 46.0 Å². The number of ether oxygens (including phenoxy) is 2. The number of phenolic OH excluding ortho intramolecular Hbond substituents is 2. The topological polar surface area (TPSA) is 167 Å². The molecule has 0 saturated heterocycles. The third-order valence-corrected chi connectivity index (χ3v) is 7.89. The summed E-state index contributed by atoms with van der Waals surface area (Å²) in [6.45, 7) is 5.23. The summed E-state index contributed by atoms with van der Waals surface area (Å²) < 4.78 is 11.3. The number of aromatic hydroxyl groups is 2. The molecule has 10 nitrogen and oxygen atoms in total. The first kappa shape index (κ1) is 32.0. The van der Waals surface area contributed by atoms with E-state index in [0.717, 1.165) is 16.7 Å². The molecule has 1 aliphatic carbocycles. The lowest BCUT2D eigenvalue weighted by Crippen LogP contribution is -2.38. The molecule has 0 amide bonds. The first-order valence-electron chi connectivity index (χ1n) is 14.9. The molecule has 1 aliphatic heterocycles. The Morgan fingerprint density at radius 2 is 1.95 bits per heavy atom. The lowest BCUT2D eigenvalue weighted by atomic mass is 9.86. The number of carbonyl (C=O) groups is 1. The first-order valence-corrected chi connectivity index (χ1v) is 14.9. The largest absolute Gasteiger partial charge is 0.504 e. The van der Waals surface area contributed by atoms with Gasteiger partial charge in [-0.15, -0.1) is 0 Å². The molecule has 0 aromatic heterocycles. The third-order valence-electron chi connectivity index (χ3n) is 7.89. The monoisotopic (exact) mass is 593 g/mol. The molecule has 0 spiro atoms. The molecule has 2 aromatic rings. The number of carbonyl (C=O) groups excluding carboxylic acids is 1. The number of aryl methyl sites for hydroxylation is 2. The highest BCUT2D eigenvalue weighted by Gasteiger charge is 2.33. The number of rotatable bonds is 6. The van der Waals surface area contributed by atoms with Crippen LogP contribution in [-0.4, -0.2) is 64.8 Å². The summed E-state index contributed by atoms with van der Waals surface area (Å²) in [5, 5.41) is 46.2. The van der Waals surface area contributed by atoms with Crippen molar-refractivity contribution in [1.82, 2.24) is 5.32 Å². The molecule has 2 aliphatic rings. The van der Waals surface area contributed by atoms with Crippen molar-refractivity contribution >= 4 is 11.7 Å². The van der Waals surface area contributed by atoms with Gasteiger partial charge in [-0.3, -0.25) is 9.79 Å². The summed E-state index contributed by atoms with van der Waals surface area (Å²) in [5.74, 6) is 6.85. The van der Waals surface area contributed by atoms with Crippen LogP contribution in [0.15, 0.2) is 23.2 Å². The summed E-state index contributed by atoms with van der Waals surface area (Å²) >= 11 is 0. The van der Waals surface area contributed by atoms with E-state index in [4.69, 9.17) is 15.2 Å². The Bertz CT molecular complexity index is 1410. The van der Waals surface area contributed by atoms with E-state index in [2.05, 4.69) is 36.0 Å². The Kier molecular flexibility index (Phi) is 10.8. The van der Waals surface area contributed by atoms with Gasteiger partial charge in [0, 0.05) is 49.4 Å². The molecule has 3 unspecified atom stereocenters. The zero-order chi connectivity index (χ0) is 31.1. The van der Waals surface area contributed by atoms with E-state index in [0.29, 0.717) is 68.2 Å². The highest BCUT2D eigenvalue weighted by Crippen LogP contribution is 2.43. The molecule has 1 heterocycles. The number of hydrogen-bond acceptors (Lipinski definition) is 8. The summed E-state index contributed by atoms with van der Waals surface area (Å²) in [6, 6.07) is 5.09. The number of guanidine groups is 1. The fourth-order valence-corrected chi connectivity index (χ4v) is 5.51.